The fourth-order valence-corrected chi connectivity index (χ4v) is 2.81. The first-order valence-corrected chi connectivity index (χ1v) is 9.81. The molecule has 0 spiro atoms. The number of furan rings is 1. The van der Waals surface area contributed by atoms with Crippen molar-refractivity contribution in [1.29, 1.82) is 0 Å². The van der Waals surface area contributed by atoms with E-state index in [9.17, 15) is 0 Å². The lowest BCUT2D eigenvalue weighted by molar-refractivity contribution is 0.667. The van der Waals surface area contributed by atoms with E-state index >= 15 is 0 Å². The molecule has 138 valence electrons. The van der Waals surface area contributed by atoms with Crippen LogP contribution in [0.2, 0.25) is 0 Å². The minimum atomic E-state index is 0.975. The maximum Gasteiger partial charge on any atom is 0.143 e. The Kier molecular flexibility index (Phi) is 9.22. The van der Waals surface area contributed by atoms with Gasteiger partial charge in [-0.2, -0.15) is 0 Å². The lowest BCUT2D eigenvalue weighted by atomic mass is 10.0. The van der Waals surface area contributed by atoms with Crippen LogP contribution in [0.15, 0.2) is 71.1 Å². The van der Waals surface area contributed by atoms with Crippen molar-refractivity contribution in [3.05, 3.63) is 72.3 Å². The molecule has 0 atom stereocenters. The average molecular weight is 349 g/mol. The van der Waals surface area contributed by atoms with Gasteiger partial charge in [-0.3, -0.25) is 0 Å². The zero-order valence-corrected chi connectivity index (χ0v) is 17.3. The van der Waals surface area contributed by atoms with E-state index in [1.165, 1.54) is 21.9 Å². The van der Waals surface area contributed by atoms with Crippen LogP contribution in [-0.2, 0) is 0 Å². The maximum atomic E-state index is 6.17. The van der Waals surface area contributed by atoms with E-state index in [0.717, 1.165) is 16.7 Å². The van der Waals surface area contributed by atoms with Crippen LogP contribution in [0.4, 0.5) is 0 Å². The molecule has 0 unspecified atom stereocenters. The third-order valence-electron chi connectivity index (χ3n) is 3.81. The lowest BCUT2D eigenvalue weighted by Crippen LogP contribution is -1.77. The van der Waals surface area contributed by atoms with Gasteiger partial charge >= 0.3 is 0 Å². The topological polar surface area (TPSA) is 13.1 Å². The van der Waals surface area contributed by atoms with Crippen LogP contribution in [0.3, 0.4) is 0 Å². The van der Waals surface area contributed by atoms with Gasteiger partial charge in [0, 0.05) is 16.3 Å². The molecule has 1 heteroatoms. The summed E-state index contributed by atoms with van der Waals surface area (Å²) in [5.41, 5.74) is 5.49. The van der Waals surface area contributed by atoms with E-state index in [1.807, 2.05) is 47.6 Å². The van der Waals surface area contributed by atoms with Crippen LogP contribution >= 0.6 is 0 Å². The molecule has 0 amide bonds. The molecule has 4 rings (SSSR count). The highest BCUT2D eigenvalue weighted by Gasteiger charge is 2.12. The molecule has 0 N–H and O–H groups in total. The van der Waals surface area contributed by atoms with Gasteiger partial charge in [0.15, 0.2) is 0 Å². The molecule has 0 aliphatic heterocycles. The Labute approximate surface area is 158 Å². The summed E-state index contributed by atoms with van der Waals surface area (Å²) in [5, 5.41) is 2.38. The molecule has 4 aromatic rings. The standard InChI is InChI=1S/C19H14O.3C2H6/c1-13-7-5-11-16-17-12-6-10-15(19(17)20-18(13)16)14-8-3-2-4-9-14;3*1-2/h2-12H,1H3;3*1-2H3. The number of hydrogen-bond acceptors (Lipinski definition) is 1. The van der Waals surface area contributed by atoms with Gasteiger partial charge in [0.1, 0.15) is 11.2 Å². The highest BCUT2D eigenvalue weighted by molar-refractivity contribution is 6.10. The molecule has 3 aromatic carbocycles. The van der Waals surface area contributed by atoms with Gasteiger partial charge < -0.3 is 4.42 Å². The Hall–Kier alpha value is -2.54. The molecule has 1 aromatic heterocycles. The van der Waals surface area contributed by atoms with E-state index in [-0.39, 0.29) is 0 Å². The first-order chi connectivity index (χ1) is 12.8. The van der Waals surface area contributed by atoms with Crippen molar-refractivity contribution in [2.45, 2.75) is 48.5 Å². The molecule has 1 nitrogen and oxygen atoms in total. The predicted molar refractivity (Wildman–Crippen MR) is 118 cm³/mol. The molecule has 0 saturated heterocycles. The summed E-state index contributed by atoms with van der Waals surface area (Å²) in [4.78, 5) is 0. The third kappa shape index (κ3) is 4.35. The van der Waals surface area contributed by atoms with Gasteiger partial charge in [0.2, 0.25) is 0 Å². The smallest absolute Gasteiger partial charge is 0.143 e. The van der Waals surface area contributed by atoms with Crippen LogP contribution in [0, 0.1) is 6.92 Å². The van der Waals surface area contributed by atoms with Crippen molar-refractivity contribution in [3.8, 4) is 11.1 Å². The second-order valence-corrected chi connectivity index (χ2v) is 5.10. The molecule has 1 heterocycles. The Morgan fingerprint density at radius 3 is 1.69 bits per heavy atom. The number of aryl methyl sites for hydroxylation is 1. The highest BCUT2D eigenvalue weighted by Crippen LogP contribution is 2.36. The van der Waals surface area contributed by atoms with Crippen LogP contribution in [-0.4, -0.2) is 0 Å². The summed E-state index contributed by atoms with van der Waals surface area (Å²) >= 11 is 0. The summed E-state index contributed by atoms with van der Waals surface area (Å²) in [5.74, 6) is 0. The molecular weight excluding hydrogens is 316 g/mol. The molecule has 0 aliphatic rings. The van der Waals surface area contributed by atoms with Crippen molar-refractivity contribution in [1.82, 2.24) is 0 Å². The van der Waals surface area contributed by atoms with Crippen molar-refractivity contribution in [2.75, 3.05) is 0 Å². The van der Waals surface area contributed by atoms with E-state index in [0.29, 0.717) is 0 Å². The van der Waals surface area contributed by atoms with E-state index in [2.05, 4.69) is 67.6 Å². The molecule has 26 heavy (non-hydrogen) atoms. The maximum absolute atomic E-state index is 6.17. The number of rotatable bonds is 1. The minimum absolute atomic E-state index is 0.975. The monoisotopic (exact) mass is 348 g/mol. The van der Waals surface area contributed by atoms with Gasteiger partial charge in [-0.1, -0.05) is 108 Å². The van der Waals surface area contributed by atoms with Crippen molar-refractivity contribution in [3.63, 3.8) is 0 Å². The van der Waals surface area contributed by atoms with Crippen molar-refractivity contribution >= 4 is 21.9 Å². The largest absolute Gasteiger partial charge is 0.455 e. The molecule has 0 saturated carbocycles. The summed E-state index contributed by atoms with van der Waals surface area (Å²) in [6, 6.07) is 23.0. The predicted octanol–water partition coefficient (Wildman–Crippen LogP) is 8.64. The summed E-state index contributed by atoms with van der Waals surface area (Å²) in [6.45, 7) is 14.1. The van der Waals surface area contributed by atoms with Crippen molar-refractivity contribution in [2.24, 2.45) is 0 Å². The summed E-state index contributed by atoms with van der Waals surface area (Å²) in [7, 11) is 0. The van der Waals surface area contributed by atoms with E-state index in [1.54, 1.807) is 0 Å². The van der Waals surface area contributed by atoms with E-state index < -0.39 is 0 Å². The van der Waals surface area contributed by atoms with Gasteiger partial charge in [0.05, 0.1) is 0 Å². The Balaban J connectivity index is 0.000000515. The first kappa shape index (κ1) is 21.5. The zero-order valence-electron chi connectivity index (χ0n) is 17.3. The average Bonchev–Trinajstić information content (AvgIpc) is 3.13. The number of benzene rings is 3. The summed E-state index contributed by atoms with van der Waals surface area (Å²) in [6.07, 6.45) is 0. The summed E-state index contributed by atoms with van der Waals surface area (Å²) < 4.78 is 6.17. The lowest BCUT2D eigenvalue weighted by Gasteiger charge is -2.01. The Morgan fingerprint density at radius 1 is 0.538 bits per heavy atom. The fourth-order valence-electron chi connectivity index (χ4n) is 2.81. The highest BCUT2D eigenvalue weighted by atomic mass is 16.3. The normalized spacial score (nSPS) is 9.35. The van der Waals surface area contributed by atoms with Gasteiger partial charge in [0.25, 0.3) is 0 Å². The molecule has 0 fully saturated rings. The van der Waals surface area contributed by atoms with Crippen LogP contribution in [0.5, 0.6) is 0 Å². The van der Waals surface area contributed by atoms with E-state index in [4.69, 9.17) is 4.42 Å². The van der Waals surface area contributed by atoms with Gasteiger partial charge in [-0.15, -0.1) is 0 Å². The van der Waals surface area contributed by atoms with Gasteiger partial charge in [-0.05, 0) is 18.1 Å². The quantitative estimate of drug-likeness (QED) is 0.335. The molecule has 0 bridgehead atoms. The number of hydrogen-bond donors (Lipinski definition) is 0. The third-order valence-corrected chi connectivity index (χ3v) is 3.81. The number of fused-ring (bicyclic) bond motifs is 3. The zero-order chi connectivity index (χ0) is 19.5. The molecule has 0 radical (unpaired) electrons. The van der Waals surface area contributed by atoms with Crippen LogP contribution in [0.25, 0.3) is 33.1 Å². The minimum Gasteiger partial charge on any atom is -0.455 e. The number of para-hydroxylation sites is 2. The molecular formula is C25H32O. The Bertz CT molecular complexity index is 901. The van der Waals surface area contributed by atoms with Gasteiger partial charge in [-0.25, -0.2) is 0 Å². The fraction of sp³-hybridized carbons (Fsp3) is 0.280. The van der Waals surface area contributed by atoms with Crippen LogP contribution < -0.4 is 0 Å². The van der Waals surface area contributed by atoms with Crippen molar-refractivity contribution < 1.29 is 4.42 Å². The van der Waals surface area contributed by atoms with Crippen LogP contribution in [0.1, 0.15) is 47.1 Å². The second-order valence-electron chi connectivity index (χ2n) is 5.10. The first-order valence-electron chi connectivity index (χ1n) is 9.81. The SMILES string of the molecule is CC.CC.CC.Cc1cccc2c1oc1c(-c3ccccc3)cccc12. The second kappa shape index (κ2) is 11.1. The molecule has 0 aliphatic carbocycles. The Morgan fingerprint density at radius 2 is 1.08 bits per heavy atom.